The highest BCUT2D eigenvalue weighted by atomic mass is 16.5. The molecule has 0 saturated carbocycles. The fourth-order valence-corrected chi connectivity index (χ4v) is 3.87. The maximum Gasteiger partial charge on any atom is 0.308 e. The number of carbonyl (C=O) groups excluding carboxylic acids is 2. The molecule has 1 N–H and O–H groups in total. The maximum atomic E-state index is 12.3. The number of hydrogen-bond donors (Lipinski definition) is 1. The number of ether oxygens (including phenoxy) is 1. The van der Waals surface area contributed by atoms with Gasteiger partial charge in [-0.3, -0.25) is 9.59 Å². The Hall–Kier alpha value is -3.14. The minimum atomic E-state index is -0.434. The van der Waals surface area contributed by atoms with Crippen molar-refractivity contribution < 1.29 is 14.3 Å². The number of anilines is 1. The van der Waals surface area contributed by atoms with Gasteiger partial charge in [-0.15, -0.1) is 0 Å². The highest BCUT2D eigenvalue weighted by Crippen LogP contribution is 2.40. The molecule has 4 nitrogen and oxygen atoms in total. The number of esters is 1. The van der Waals surface area contributed by atoms with E-state index in [4.69, 9.17) is 4.74 Å². The summed E-state index contributed by atoms with van der Waals surface area (Å²) in [5.41, 5.74) is 5.58. The summed E-state index contributed by atoms with van der Waals surface area (Å²) in [7, 11) is 0. The summed E-state index contributed by atoms with van der Waals surface area (Å²) in [5, 5.41) is 2.76. The lowest BCUT2D eigenvalue weighted by molar-refractivity contribution is -0.131. The fourth-order valence-electron chi connectivity index (χ4n) is 3.87. The van der Waals surface area contributed by atoms with Crippen molar-refractivity contribution in [3.63, 3.8) is 0 Å². The Morgan fingerprint density at radius 3 is 2.47 bits per heavy atom. The van der Waals surface area contributed by atoms with Gasteiger partial charge in [-0.2, -0.15) is 0 Å². The van der Waals surface area contributed by atoms with Gasteiger partial charge in [-0.1, -0.05) is 67.5 Å². The monoisotopic (exact) mass is 433 g/mol. The molecule has 32 heavy (non-hydrogen) atoms. The van der Waals surface area contributed by atoms with Crippen LogP contribution >= 0.6 is 0 Å². The van der Waals surface area contributed by atoms with Crippen LogP contribution in [0.15, 0.2) is 83.0 Å². The smallest absolute Gasteiger partial charge is 0.308 e. The van der Waals surface area contributed by atoms with E-state index in [1.54, 1.807) is 24.3 Å². The summed E-state index contributed by atoms with van der Waals surface area (Å²) in [6.45, 7) is 12.1. The van der Waals surface area contributed by atoms with Crippen molar-refractivity contribution in [1.29, 1.82) is 0 Å². The van der Waals surface area contributed by atoms with Crippen LogP contribution < -0.4 is 10.1 Å². The van der Waals surface area contributed by atoms with Crippen LogP contribution in [0, 0.1) is 5.41 Å². The van der Waals surface area contributed by atoms with Crippen molar-refractivity contribution in [2.45, 2.75) is 60.8 Å². The molecule has 1 amide bonds. The first-order chi connectivity index (χ1) is 15.1. The molecule has 0 spiro atoms. The quantitative estimate of drug-likeness (QED) is 0.216. The van der Waals surface area contributed by atoms with Crippen LogP contribution in [0.3, 0.4) is 0 Å². The summed E-state index contributed by atoms with van der Waals surface area (Å²) in [4.78, 5) is 23.6. The number of para-hydroxylation sites is 2. The van der Waals surface area contributed by atoms with Crippen LogP contribution in [0.4, 0.5) is 5.69 Å². The molecule has 0 saturated heterocycles. The highest BCUT2D eigenvalue weighted by Gasteiger charge is 2.26. The van der Waals surface area contributed by atoms with Gasteiger partial charge in [-0.05, 0) is 68.7 Å². The zero-order chi connectivity index (χ0) is 23.7. The number of hydrogen-bond acceptors (Lipinski definition) is 3. The molecule has 0 aliphatic heterocycles. The fraction of sp³-hybridized carbons (Fsp3) is 0.357. The minimum absolute atomic E-state index is 0.232. The van der Waals surface area contributed by atoms with E-state index in [0.717, 1.165) is 11.1 Å². The first-order valence-corrected chi connectivity index (χ1v) is 11.1. The minimum Gasteiger partial charge on any atom is -0.424 e. The average molecular weight is 434 g/mol. The van der Waals surface area contributed by atoms with Gasteiger partial charge in [0.2, 0.25) is 5.91 Å². The van der Waals surface area contributed by atoms with Gasteiger partial charge in [-0.25, -0.2) is 0 Å². The summed E-state index contributed by atoms with van der Waals surface area (Å²) in [6, 6.07) is 6.85. The number of amides is 1. The second kappa shape index (κ2) is 11.5. The zero-order valence-corrected chi connectivity index (χ0v) is 20.1. The second-order valence-electron chi connectivity index (χ2n) is 9.00. The van der Waals surface area contributed by atoms with Crippen LogP contribution in [-0.4, -0.2) is 11.9 Å². The molecular weight excluding hydrogens is 398 g/mol. The lowest BCUT2D eigenvalue weighted by atomic mass is 9.72. The standard InChI is InChI=1S/C28H35NO3/c1-20(16-17-24-22(3)13-10-18-28(24,5)6)11-9-12-21(2)19-27(31)29-25-14-7-8-15-26(25)32-23(4)30/h7-9,11-12,14-17,19H,10,13,18H2,1-6H3,(H,29,31). The van der Waals surface area contributed by atoms with Gasteiger partial charge in [0.05, 0.1) is 5.69 Å². The largest absolute Gasteiger partial charge is 0.424 e. The lowest BCUT2D eigenvalue weighted by Gasteiger charge is -2.32. The molecule has 4 heteroatoms. The van der Waals surface area contributed by atoms with Crippen LogP contribution in [0.25, 0.3) is 0 Å². The number of benzene rings is 1. The predicted octanol–water partition coefficient (Wildman–Crippen LogP) is 7.08. The molecule has 1 aliphatic carbocycles. The molecular formula is C28H35NO3. The van der Waals surface area contributed by atoms with E-state index in [0.29, 0.717) is 11.4 Å². The number of rotatable bonds is 7. The lowest BCUT2D eigenvalue weighted by Crippen LogP contribution is -2.19. The number of nitrogens with one attached hydrogen (secondary N) is 1. The first-order valence-electron chi connectivity index (χ1n) is 11.1. The molecule has 1 aromatic carbocycles. The van der Waals surface area contributed by atoms with E-state index in [1.165, 1.54) is 43.4 Å². The summed E-state index contributed by atoms with van der Waals surface area (Å²) in [5.74, 6) is -0.392. The Morgan fingerprint density at radius 2 is 1.78 bits per heavy atom. The average Bonchev–Trinajstić information content (AvgIpc) is 2.68. The van der Waals surface area contributed by atoms with Gasteiger partial charge in [0, 0.05) is 13.0 Å². The summed E-state index contributed by atoms with van der Waals surface area (Å²) in [6.07, 6.45) is 15.5. The first kappa shape index (κ1) is 25.1. The molecule has 0 unspecified atom stereocenters. The summed E-state index contributed by atoms with van der Waals surface area (Å²) >= 11 is 0. The van der Waals surface area contributed by atoms with Crippen LogP contribution in [-0.2, 0) is 9.59 Å². The van der Waals surface area contributed by atoms with E-state index in [1.807, 2.05) is 25.2 Å². The molecule has 0 aromatic heterocycles. The Morgan fingerprint density at radius 1 is 1.06 bits per heavy atom. The van der Waals surface area contributed by atoms with Crippen LogP contribution in [0.2, 0.25) is 0 Å². The van der Waals surface area contributed by atoms with Crippen LogP contribution in [0.1, 0.15) is 60.8 Å². The Labute approximate surface area is 192 Å². The zero-order valence-electron chi connectivity index (χ0n) is 20.1. The Bertz CT molecular complexity index is 1000. The molecule has 2 rings (SSSR count). The molecule has 170 valence electrons. The molecule has 0 atom stereocenters. The third-order valence-electron chi connectivity index (χ3n) is 5.53. The second-order valence-corrected chi connectivity index (χ2v) is 9.00. The van der Waals surface area contributed by atoms with E-state index in [2.05, 4.69) is 45.2 Å². The third-order valence-corrected chi connectivity index (χ3v) is 5.53. The Kier molecular flexibility index (Phi) is 9.01. The highest BCUT2D eigenvalue weighted by molar-refractivity contribution is 6.01. The van der Waals surface area contributed by atoms with Crippen molar-refractivity contribution in [1.82, 2.24) is 0 Å². The Balaban J connectivity index is 2.00. The van der Waals surface area contributed by atoms with Crippen LogP contribution in [0.5, 0.6) is 5.75 Å². The van der Waals surface area contributed by atoms with Gasteiger partial charge in [0.15, 0.2) is 5.75 Å². The van der Waals surface area contributed by atoms with Gasteiger partial charge < -0.3 is 10.1 Å². The SMILES string of the molecule is CC(=O)Oc1ccccc1NC(=O)C=C(C)C=CC=C(C)C=CC1=C(C)CCCC1(C)C. The molecule has 0 bridgehead atoms. The third kappa shape index (κ3) is 7.84. The molecule has 0 radical (unpaired) electrons. The molecule has 1 aliphatic rings. The topological polar surface area (TPSA) is 55.4 Å². The predicted molar refractivity (Wildman–Crippen MR) is 133 cm³/mol. The number of allylic oxidation sites excluding steroid dienone is 9. The van der Waals surface area contributed by atoms with E-state index >= 15 is 0 Å². The molecule has 1 aromatic rings. The van der Waals surface area contributed by atoms with Crippen molar-refractivity contribution >= 4 is 17.6 Å². The van der Waals surface area contributed by atoms with Gasteiger partial charge >= 0.3 is 5.97 Å². The van der Waals surface area contributed by atoms with Gasteiger partial charge in [0.1, 0.15) is 0 Å². The van der Waals surface area contributed by atoms with Crippen molar-refractivity contribution in [2.24, 2.45) is 5.41 Å². The maximum absolute atomic E-state index is 12.3. The van der Waals surface area contributed by atoms with E-state index in [-0.39, 0.29) is 11.3 Å². The van der Waals surface area contributed by atoms with E-state index in [9.17, 15) is 9.59 Å². The normalized spacial score (nSPS) is 17.2. The van der Waals surface area contributed by atoms with E-state index < -0.39 is 5.97 Å². The summed E-state index contributed by atoms with van der Waals surface area (Å²) < 4.78 is 5.12. The van der Waals surface area contributed by atoms with Crippen molar-refractivity contribution in [3.8, 4) is 5.75 Å². The molecule has 0 fully saturated rings. The van der Waals surface area contributed by atoms with Crippen molar-refractivity contribution in [2.75, 3.05) is 5.32 Å². The van der Waals surface area contributed by atoms with Gasteiger partial charge in [0.25, 0.3) is 0 Å². The number of carbonyl (C=O) groups is 2. The van der Waals surface area contributed by atoms with Crippen molar-refractivity contribution in [3.05, 3.63) is 83.0 Å². The molecule has 0 heterocycles.